The normalized spacial score (nSPS) is 22.4. The minimum Gasteiger partial charge on any atom is -0.353 e. The molecule has 19 heavy (non-hydrogen) atoms. The molecule has 0 radical (unpaired) electrons. The standard InChI is InChI=1S/C11H16N6.2BrH/c1-7-4-12-3-2-8(7)15-11-16-9-5-13-6-14-10(9)17-11;;/h5-8,12H,2-4H2,1H3,(H2,13,14,15,16,17);2*1H. The Balaban J connectivity index is 0.000000902. The van der Waals surface area contributed by atoms with Crippen LogP contribution in [0.1, 0.15) is 13.3 Å². The third-order valence-electron chi connectivity index (χ3n) is 3.27. The number of hydrogen-bond donors (Lipinski definition) is 3. The number of aromatic nitrogens is 4. The molecule has 1 aliphatic rings. The fourth-order valence-electron chi connectivity index (χ4n) is 2.23. The second-order valence-corrected chi connectivity index (χ2v) is 4.57. The van der Waals surface area contributed by atoms with E-state index in [-0.39, 0.29) is 34.0 Å². The molecule has 2 aromatic rings. The number of halogens is 2. The Morgan fingerprint density at radius 3 is 2.95 bits per heavy atom. The highest BCUT2D eigenvalue weighted by Gasteiger charge is 2.21. The largest absolute Gasteiger partial charge is 0.353 e. The molecule has 0 aliphatic carbocycles. The first-order valence-corrected chi connectivity index (χ1v) is 5.96. The van der Waals surface area contributed by atoms with Crippen LogP contribution in [0.5, 0.6) is 0 Å². The maximum absolute atomic E-state index is 4.40. The Kier molecular flexibility index (Phi) is 6.15. The fourth-order valence-corrected chi connectivity index (χ4v) is 2.23. The van der Waals surface area contributed by atoms with Crippen molar-refractivity contribution in [2.75, 3.05) is 18.4 Å². The molecular weight excluding hydrogens is 376 g/mol. The topological polar surface area (TPSA) is 78.5 Å². The van der Waals surface area contributed by atoms with Crippen molar-refractivity contribution in [1.82, 2.24) is 25.3 Å². The van der Waals surface area contributed by atoms with Gasteiger partial charge < -0.3 is 15.6 Å². The van der Waals surface area contributed by atoms with Crippen LogP contribution in [0.4, 0.5) is 5.95 Å². The number of piperidine rings is 1. The number of rotatable bonds is 2. The van der Waals surface area contributed by atoms with Gasteiger partial charge in [0.2, 0.25) is 5.95 Å². The van der Waals surface area contributed by atoms with Crippen LogP contribution in [0.15, 0.2) is 12.5 Å². The second-order valence-electron chi connectivity index (χ2n) is 4.57. The molecule has 3 heterocycles. The Labute approximate surface area is 132 Å². The highest BCUT2D eigenvalue weighted by atomic mass is 79.9. The van der Waals surface area contributed by atoms with Gasteiger partial charge in [0, 0.05) is 6.04 Å². The SMILES string of the molecule is Br.Br.CC1CNCCC1Nc1nc2ncncc2[nH]1. The van der Waals surface area contributed by atoms with Crippen LogP contribution in [0, 0.1) is 5.92 Å². The van der Waals surface area contributed by atoms with Crippen molar-refractivity contribution in [2.45, 2.75) is 19.4 Å². The summed E-state index contributed by atoms with van der Waals surface area (Å²) in [6.45, 7) is 4.35. The third-order valence-corrected chi connectivity index (χ3v) is 3.27. The zero-order valence-electron chi connectivity index (χ0n) is 10.6. The molecule has 0 aromatic carbocycles. The number of nitrogens with zero attached hydrogens (tertiary/aromatic N) is 3. The first kappa shape index (κ1) is 16.3. The smallest absolute Gasteiger partial charge is 0.202 e. The first-order chi connectivity index (χ1) is 8.33. The van der Waals surface area contributed by atoms with Crippen LogP contribution in [0.25, 0.3) is 11.2 Å². The summed E-state index contributed by atoms with van der Waals surface area (Å²) in [6, 6.07) is 0.463. The fraction of sp³-hybridized carbons (Fsp3) is 0.545. The molecule has 1 aliphatic heterocycles. The van der Waals surface area contributed by atoms with Gasteiger partial charge in [0.1, 0.15) is 11.8 Å². The molecule has 2 aromatic heterocycles. The highest BCUT2D eigenvalue weighted by molar-refractivity contribution is 8.93. The quantitative estimate of drug-likeness (QED) is 0.726. The van der Waals surface area contributed by atoms with Gasteiger partial charge in [0.25, 0.3) is 0 Å². The summed E-state index contributed by atoms with van der Waals surface area (Å²) in [5.41, 5.74) is 1.58. The van der Waals surface area contributed by atoms with Crippen molar-refractivity contribution < 1.29 is 0 Å². The molecule has 1 fully saturated rings. The van der Waals surface area contributed by atoms with Crippen molar-refractivity contribution >= 4 is 51.1 Å². The van der Waals surface area contributed by atoms with Gasteiger partial charge in [-0.15, -0.1) is 34.0 Å². The lowest BCUT2D eigenvalue weighted by molar-refractivity contribution is 0.367. The molecular formula is C11H18Br2N6. The molecule has 0 spiro atoms. The van der Waals surface area contributed by atoms with Gasteiger partial charge in [-0.05, 0) is 25.4 Å². The molecule has 106 valence electrons. The summed E-state index contributed by atoms with van der Waals surface area (Å²) >= 11 is 0. The van der Waals surface area contributed by atoms with Gasteiger partial charge in [0.05, 0.1) is 6.20 Å². The van der Waals surface area contributed by atoms with E-state index in [1.807, 2.05) is 0 Å². The van der Waals surface area contributed by atoms with Gasteiger partial charge in [-0.25, -0.2) is 9.97 Å². The summed E-state index contributed by atoms with van der Waals surface area (Å²) in [5, 5.41) is 6.83. The van der Waals surface area contributed by atoms with E-state index in [9.17, 15) is 0 Å². The van der Waals surface area contributed by atoms with Crippen molar-refractivity contribution in [2.24, 2.45) is 5.92 Å². The van der Waals surface area contributed by atoms with E-state index in [1.54, 1.807) is 6.20 Å². The number of imidazole rings is 1. The lowest BCUT2D eigenvalue weighted by Crippen LogP contribution is -2.42. The number of anilines is 1. The summed E-state index contributed by atoms with van der Waals surface area (Å²) < 4.78 is 0. The minimum absolute atomic E-state index is 0. The molecule has 2 unspecified atom stereocenters. The molecule has 8 heteroatoms. The van der Waals surface area contributed by atoms with Crippen molar-refractivity contribution in [3.05, 3.63) is 12.5 Å². The zero-order chi connectivity index (χ0) is 11.7. The van der Waals surface area contributed by atoms with Crippen LogP contribution in [-0.2, 0) is 0 Å². The van der Waals surface area contributed by atoms with Crippen LogP contribution in [0.3, 0.4) is 0 Å². The maximum Gasteiger partial charge on any atom is 0.202 e. The van der Waals surface area contributed by atoms with E-state index in [0.717, 1.165) is 31.0 Å². The maximum atomic E-state index is 4.40. The molecule has 0 amide bonds. The molecule has 3 rings (SSSR count). The van der Waals surface area contributed by atoms with Gasteiger partial charge in [0.15, 0.2) is 5.65 Å². The Morgan fingerprint density at radius 1 is 1.37 bits per heavy atom. The summed E-state index contributed by atoms with van der Waals surface area (Å²) in [4.78, 5) is 15.7. The van der Waals surface area contributed by atoms with E-state index < -0.39 is 0 Å². The first-order valence-electron chi connectivity index (χ1n) is 5.96. The predicted octanol–water partition coefficient (Wildman–Crippen LogP) is 1.92. The minimum atomic E-state index is 0. The lowest BCUT2D eigenvalue weighted by Gasteiger charge is -2.29. The molecule has 1 saturated heterocycles. The highest BCUT2D eigenvalue weighted by Crippen LogP contribution is 2.17. The average molecular weight is 394 g/mol. The Morgan fingerprint density at radius 2 is 2.21 bits per heavy atom. The molecule has 6 nitrogen and oxygen atoms in total. The van der Waals surface area contributed by atoms with E-state index in [2.05, 4.69) is 37.5 Å². The number of fused-ring (bicyclic) bond motifs is 1. The Bertz CT molecular complexity index is 484. The second kappa shape index (κ2) is 7.16. The Hall–Kier alpha value is -0.730. The van der Waals surface area contributed by atoms with E-state index in [4.69, 9.17) is 0 Å². The van der Waals surface area contributed by atoms with E-state index in [1.165, 1.54) is 6.33 Å². The number of nitrogens with one attached hydrogen (secondary N) is 3. The number of H-pyrrole nitrogens is 1. The van der Waals surface area contributed by atoms with Crippen LogP contribution < -0.4 is 10.6 Å². The van der Waals surface area contributed by atoms with E-state index >= 15 is 0 Å². The van der Waals surface area contributed by atoms with Crippen LogP contribution >= 0.6 is 34.0 Å². The molecule has 2 atom stereocenters. The van der Waals surface area contributed by atoms with Gasteiger partial charge >= 0.3 is 0 Å². The molecule has 0 bridgehead atoms. The monoisotopic (exact) mass is 392 g/mol. The van der Waals surface area contributed by atoms with Gasteiger partial charge in [-0.2, -0.15) is 4.98 Å². The van der Waals surface area contributed by atoms with Crippen molar-refractivity contribution in [3.63, 3.8) is 0 Å². The van der Waals surface area contributed by atoms with Crippen molar-refractivity contribution in [1.29, 1.82) is 0 Å². The van der Waals surface area contributed by atoms with Crippen LogP contribution in [0.2, 0.25) is 0 Å². The average Bonchev–Trinajstić information content (AvgIpc) is 2.74. The predicted molar refractivity (Wildman–Crippen MR) is 86.4 cm³/mol. The third kappa shape index (κ3) is 3.64. The summed E-state index contributed by atoms with van der Waals surface area (Å²) in [7, 11) is 0. The van der Waals surface area contributed by atoms with E-state index in [0.29, 0.717) is 17.6 Å². The van der Waals surface area contributed by atoms with Crippen molar-refractivity contribution in [3.8, 4) is 0 Å². The number of hydrogen-bond acceptors (Lipinski definition) is 5. The summed E-state index contributed by atoms with van der Waals surface area (Å²) in [5.74, 6) is 1.39. The molecule has 0 saturated carbocycles. The zero-order valence-corrected chi connectivity index (χ0v) is 14.0. The summed E-state index contributed by atoms with van der Waals surface area (Å²) in [6.07, 6.45) is 4.37. The number of aromatic amines is 1. The lowest BCUT2D eigenvalue weighted by atomic mass is 9.95. The van der Waals surface area contributed by atoms with Gasteiger partial charge in [-0.3, -0.25) is 0 Å². The van der Waals surface area contributed by atoms with Crippen LogP contribution in [-0.4, -0.2) is 39.1 Å². The van der Waals surface area contributed by atoms with Gasteiger partial charge in [-0.1, -0.05) is 6.92 Å². The molecule has 3 N–H and O–H groups in total.